The van der Waals surface area contributed by atoms with Gasteiger partial charge in [0.25, 0.3) is 0 Å². The molecule has 0 aliphatic rings. The molecular weight excluding hydrogens is 246 g/mol. The lowest BCUT2D eigenvalue weighted by Crippen LogP contribution is -2.02. The standard InChI is InChI=1S/C18H23NO/c1-12-5-6-16(7-13(12)2)11-20-18-14(3)8-17(10-19)9-15(18)4/h5-9H,10-11,19H2,1-4H3. The predicted octanol–water partition coefficient (Wildman–Crippen LogP) is 3.96. The van der Waals surface area contributed by atoms with Gasteiger partial charge in [0.2, 0.25) is 0 Å². The van der Waals surface area contributed by atoms with Crippen LogP contribution >= 0.6 is 0 Å². The summed E-state index contributed by atoms with van der Waals surface area (Å²) in [6.45, 7) is 9.57. The fourth-order valence-corrected chi connectivity index (χ4v) is 2.43. The normalized spacial score (nSPS) is 10.7. The molecule has 0 aliphatic carbocycles. The first kappa shape index (κ1) is 14.6. The van der Waals surface area contributed by atoms with Crippen LogP contribution in [-0.2, 0) is 13.2 Å². The molecule has 0 heterocycles. The first-order valence-electron chi connectivity index (χ1n) is 7.00. The summed E-state index contributed by atoms with van der Waals surface area (Å²) < 4.78 is 6.01. The molecule has 106 valence electrons. The second-order valence-corrected chi connectivity index (χ2v) is 5.47. The number of hydrogen-bond acceptors (Lipinski definition) is 2. The van der Waals surface area contributed by atoms with E-state index in [4.69, 9.17) is 10.5 Å². The summed E-state index contributed by atoms with van der Waals surface area (Å²) in [6.07, 6.45) is 0. The maximum Gasteiger partial charge on any atom is 0.125 e. The van der Waals surface area contributed by atoms with Gasteiger partial charge in [-0.1, -0.05) is 30.3 Å². The van der Waals surface area contributed by atoms with Crippen LogP contribution in [-0.4, -0.2) is 0 Å². The van der Waals surface area contributed by atoms with Crippen molar-refractivity contribution in [3.05, 3.63) is 63.7 Å². The largest absolute Gasteiger partial charge is 0.488 e. The van der Waals surface area contributed by atoms with Crippen molar-refractivity contribution in [2.24, 2.45) is 5.73 Å². The summed E-state index contributed by atoms with van der Waals surface area (Å²) in [7, 11) is 0. The van der Waals surface area contributed by atoms with Gasteiger partial charge in [-0.15, -0.1) is 0 Å². The molecule has 0 radical (unpaired) electrons. The van der Waals surface area contributed by atoms with Gasteiger partial charge in [-0.25, -0.2) is 0 Å². The average Bonchev–Trinajstić information content (AvgIpc) is 2.41. The molecule has 0 amide bonds. The monoisotopic (exact) mass is 269 g/mol. The summed E-state index contributed by atoms with van der Waals surface area (Å²) >= 11 is 0. The van der Waals surface area contributed by atoms with Crippen molar-refractivity contribution in [2.45, 2.75) is 40.8 Å². The van der Waals surface area contributed by atoms with Crippen LogP contribution in [0.4, 0.5) is 0 Å². The SMILES string of the molecule is Cc1ccc(COc2c(C)cc(CN)cc2C)cc1C. The van der Waals surface area contributed by atoms with Crippen LogP contribution in [0.2, 0.25) is 0 Å². The van der Waals surface area contributed by atoms with Crippen LogP contribution in [0.3, 0.4) is 0 Å². The van der Waals surface area contributed by atoms with Crippen LogP contribution in [0.1, 0.15) is 33.4 Å². The Hall–Kier alpha value is -1.80. The minimum atomic E-state index is 0.569. The van der Waals surface area contributed by atoms with E-state index in [2.05, 4.69) is 58.0 Å². The second kappa shape index (κ2) is 6.10. The zero-order valence-electron chi connectivity index (χ0n) is 12.8. The Labute approximate surface area is 121 Å². The second-order valence-electron chi connectivity index (χ2n) is 5.47. The Bertz CT molecular complexity index is 594. The van der Waals surface area contributed by atoms with E-state index in [-0.39, 0.29) is 0 Å². The molecule has 0 spiro atoms. The molecule has 2 aromatic rings. The molecule has 0 unspecified atom stereocenters. The highest BCUT2D eigenvalue weighted by Crippen LogP contribution is 2.26. The topological polar surface area (TPSA) is 35.2 Å². The highest BCUT2D eigenvalue weighted by molar-refractivity contribution is 5.43. The van der Waals surface area contributed by atoms with E-state index in [9.17, 15) is 0 Å². The van der Waals surface area contributed by atoms with E-state index in [0.717, 1.165) is 22.4 Å². The van der Waals surface area contributed by atoms with Crippen molar-refractivity contribution in [1.29, 1.82) is 0 Å². The summed E-state index contributed by atoms with van der Waals surface area (Å²) in [4.78, 5) is 0. The van der Waals surface area contributed by atoms with E-state index in [1.165, 1.54) is 16.7 Å². The van der Waals surface area contributed by atoms with Gasteiger partial charge in [-0.2, -0.15) is 0 Å². The molecule has 0 fully saturated rings. The number of hydrogen-bond donors (Lipinski definition) is 1. The molecular formula is C18H23NO. The number of aryl methyl sites for hydroxylation is 4. The Balaban J connectivity index is 2.16. The van der Waals surface area contributed by atoms with E-state index in [1.54, 1.807) is 0 Å². The van der Waals surface area contributed by atoms with Crippen LogP contribution in [0.5, 0.6) is 5.75 Å². The van der Waals surface area contributed by atoms with Crippen molar-refractivity contribution < 1.29 is 4.74 Å². The first-order chi connectivity index (χ1) is 9.51. The summed E-state index contributed by atoms with van der Waals surface area (Å²) in [5, 5.41) is 0. The Morgan fingerprint density at radius 3 is 1.95 bits per heavy atom. The molecule has 20 heavy (non-hydrogen) atoms. The van der Waals surface area contributed by atoms with Crippen molar-refractivity contribution >= 4 is 0 Å². The van der Waals surface area contributed by atoms with Crippen LogP contribution in [0.15, 0.2) is 30.3 Å². The Morgan fingerprint density at radius 2 is 1.40 bits per heavy atom. The molecule has 0 aliphatic heterocycles. The van der Waals surface area contributed by atoms with Gasteiger partial charge in [0.1, 0.15) is 12.4 Å². The molecule has 0 saturated carbocycles. The summed E-state index contributed by atoms with van der Waals surface area (Å²) in [6, 6.07) is 10.7. The molecule has 2 heteroatoms. The Kier molecular flexibility index (Phi) is 4.46. The predicted molar refractivity (Wildman–Crippen MR) is 84.1 cm³/mol. The lowest BCUT2D eigenvalue weighted by molar-refractivity contribution is 0.302. The fraction of sp³-hybridized carbons (Fsp3) is 0.333. The van der Waals surface area contributed by atoms with Crippen LogP contribution in [0.25, 0.3) is 0 Å². The zero-order valence-corrected chi connectivity index (χ0v) is 12.8. The molecule has 0 atom stereocenters. The van der Waals surface area contributed by atoms with E-state index >= 15 is 0 Å². The smallest absolute Gasteiger partial charge is 0.125 e. The fourth-order valence-electron chi connectivity index (χ4n) is 2.43. The van der Waals surface area contributed by atoms with Crippen molar-refractivity contribution in [3.63, 3.8) is 0 Å². The number of benzene rings is 2. The average molecular weight is 269 g/mol. The number of ether oxygens (including phenoxy) is 1. The third-order valence-electron chi connectivity index (χ3n) is 3.71. The van der Waals surface area contributed by atoms with Gasteiger partial charge in [0.15, 0.2) is 0 Å². The van der Waals surface area contributed by atoms with E-state index < -0.39 is 0 Å². The molecule has 0 aromatic heterocycles. The number of rotatable bonds is 4. The van der Waals surface area contributed by atoms with Gasteiger partial charge >= 0.3 is 0 Å². The summed E-state index contributed by atoms with van der Waals surface area (Å²) in [5.74, 6) is 0.973. The zero-order chi connectivity index (χ0) is 14.7. The first-order valence-corrected chi connectivity index (χ1v) is 7.00. The Morgan fingerprint density at radius 1 is 0.800 bits per heavy atom. The van der Waals surface area contributed by atoms with Crippen molar-refractivity contribution in [1.82, 2.24) is 0 Å². The van der Waals surface area contributed by atoms with Gasteiger partial charge < -0.3 is 10.5 Å². The van der Waals surface area contributed by atoms with E-state index in [0.29, 0.717) is 13.2 Å². The maximum atomic E-state index is 6.01. The highest BCUT2D eigenvalue weighted by Gasteiger charge is 2.06. The third-order valence-corrected chi connectivity index (χ3v) is 3.71. The molecule has 2 rings (SSSR count). The van der Waals surface area contributed by atoms with Gasteiger partial charge in [-0.3, -0.25) is 0 Å². The highest BCUT2D eigenvalue weighted by atomic mass is 16.5. The van der Waals surface area contributed by atoms with Crippen LogP contribution < -0.4 is 10.5 Å². The molecule has 0 saturated heterocycles. The minimum Gasteiger partial charge on any atom is -0.488 e. The maximum absolute atomic E-state index is 6.01. The molecule has 0 bridgehead atoms. The van der Waals surface area contributed by atoms with Gasteiger partial charge in [-0.05, 0) is 61.1 Å². The lowest BCUT2D eigenvalue weighted by Gasteiger charge is -2.14. The van der Waals surface area contributed by atoms with Gasteiger partial charge in [0, 0.05) is 6.54 Å². The molecule has 2 nitrogen and oxygen atoms in total. The molecule has 2 aromatic carbocycles. The van der Waals surface area contributed by atoms with Crippen molar-refractivity contribution in [2.75, 3.05) is 0 Å². The molecule has 2 N–H and O–H groups in total. The van der Waals surface area contributed by atoms with Crippen LogP contribution in [0, 0.1) is 27.7 Å². The van der Waals surface area contributed by atoms with E-state index in [1.807, 2.05) is 0 Å². The lowest BCUT2D eigenvalue weighted by atomic mass is 10.1. The minimum absolute atomic E-state index is 0.569. The van der Waals surface area contributed by atoms with Crippen molar-refractivity contribution in [3.8, 4) is 5.75 Å². The quantitative estimate of drug-likeness (QED) is 0.912. The van der Waals surface area contributed by atoms with Gasteiger partial charge in [0.05, 0.1) is 0 Å². The number of nitrogens with two attached hydrogens (primary N) is 1. The summed E-state index contributed by atoms with van der Waals surface area (Å²) in [5.41, 5.74) is 13.0. The third kappa shape index (κ3) is 3.20.